The van der Waals surface area contributed by atoms with Gasteiger partial charge in [0.2, 0.25) is 0 Å². The molecule has 0 radical (unpaired) electrons. The van der Waals surface area contributed by atoms with E-state index < -0.39 is 88.3 Å². The zero-order valence-electron chi connectivity index (χ0n) is 17.1. The lowest BCUT2D eigenvalue weighted by atomic mass is 9.91. The van der Waals surface area contributed by atoms with Crippen molar-refractivity contribution in [2.45, 2.75) is 37.5 Å². The monoisotopic (exact) mass is 538 g/mol. The van der Waals surface area contributed by atoms with Gasteiger partial charge in [0.05, 0.1) is 35.1 Å². The Labute approximate surface area is 192 Å². The van der Waals surface area contributed by atoms with E-state index in [0.29, 0.717) is 12.1 Å². The predicted octanol–water partition coefficient (Wildman–Crippen LogP) is 7.18. The molecule has 2 aromatic carbocycles. The molecule has 0 amide bonds. The molecule has 0 heterocycles. The van der Waals surface area contributed by atoms with Crippen molar-refractivity contribution < 1.29 is 67.1 Å². The molecule has 36 heavy (non-hydrogen) atoms. The van der Waals surface area contributed by atoms with Crippen LogP contribution in [0.3, 0.4) is 0 Å². The van der Waals surface area contributed by atoms with Crippen LogP contribution >= 0.6 is 0 Å². The van der Waals surface area contributed by atoms with Crippen molar-refractivity contribution in [1.82, 2.24) is 0 Å². The molecule has 15 heteroatoms. The largest absolute Gasteiger partial charge is 0.417 e. The van der Waals surface area contributed by atoms with Crippen molar-refractivity contribution >= 4 is 17.3 Å². The molecule has 196 valence electrons. The highest BCUT2D eigenvalue weighted by Gasteiger charge is 2.44. The Morgan fingerprint density at radius 3 is 0.889 bits per heavy atom. The highest BCUT2D eigenvalue weighted by Crippen LogP contribution is 2.41. The number of carbonyl (C=O) groups is 3. The molecule has 0 bridgehead atoms. The van der Waals surface area contributed by atoms with E-state index in [1.54, 1.807) is 0 Å². The summed E-state index contributed by atoms with van der Waals surface area (Å²) in [6.07, 6.45) is -25.7. The normalized spacial score (nSPS) is 13.0. The molecule has 0 aliphatic carbocycles. The summed E-state index contributed by atoms with van der Waals surface area (Å²) < 4.78 is 158. The zero-order valence-corrected chi connectivity index (χ0v) is 17.1. The Morgan fingerprint density at radius 1 is 0.472 bits per heavy atom. The lowest BCUT2D eigenvalue weighted by molar-refractivity contribution is -0.145. The zero-order chi connectivity index (χ0) is 27.9. The van der Waals surface area contributed by atoms with E-state index in [4.69, 9.17) is 0 Å². The third kappa shape index (κ3) is 6.43. The van der Waals surface area contributed by atoms with Gasteiger partial charge in [-0.05, 0) is 24.3 Å². The minimum absolute atomic E-state index is 0.104. The van der Waals surface area contributed by atoms with Crippen molar-refractivity contribution in [1.29, 1.82) is 0 Å². The summed E-state index contributed by atoms with van der Waals surface area (Å²) in [4.78, 5) is 36.6. The molecule has 0 saturated heterocycles. The van der Waals surface area contributed by atoms with E-state index >= 15 is 0 Å². The van der Waals surface area contributed by atoms with Crippen molar-refractivity contribution in [2.24, 2.45) is 0 Å². The molecule has 2 rings (SSSR count). The van der Waals surface area contributed by atoms with Crippen molar-refractivity contribution in [3.05, 3.63) is 69.8 Å². The van der Waals surface area contributed by atoms with Crippen LogP contribution in [0.2, 0.25) is 0 Å². The molecule has 0 spiro atoms. The fourth-order valence-corrected chi connectivity index (χ4v) is 3.25. The Balaban J connectivity index is 2.47. The summed E-state index contributed by atoms with van der Waals surface area (Å²) in [5.41, 5.74) is -12.3. The molecule has 0 aromatic heterocycles. The highest BCUT2D eigenvalue weighted by molar-refractivity contribution is 6.16. The lowest BCUT2D eigenvalue weighted by Crippen LogP contribution is -2.24. The van der Waals surface area contributed by atoms with Gasteiger partial charge in [0.15, 0.2) is 11.6 Å². The maximum absolute atomic E-state index is 13.2. The van der Waals surface area contributed by atoms with Crippen LogP contribution < -0.4 is 0 Å². The summed E-state index contributed by atoms with van der Waals surface area (Å²) in [5, 5.41) is 0. The SMILES string of the molecule is O=C(CC(=O)c1c(C(F)(F)F)cccc1C(F)(F)F)CC(=O)c1c(C(F)(F)F)cccc1C(F)(F)F. The van der Waals surface area contributed by atoms with E-state index in [-0.39, 0.29) is 24.3 Å². The summed E-state index contributed by atoms with van der Waals surface area (Å²) in [7, 11) is 0. The molecule has 2 aromatic rings. The summed E-state index contributed by atoms with van der Waals surface area (Å²) >= 11 is 0. The number of hydrogen-bond donors (Lipinski definition) is 0. The second kappa shape index (κ2) is 9.58. The quantitative estimate of drug-likeness (QED) is 0.223. The minimum atomic E-state index is -5.50. The average molecular weight is 538 g/mol. The van der Waals surface area contributed by atoms with Crippen LogP contribution in [0.25, 0.3) is 0 Å². The number of Topliss-reactive ketones (excluding diaryl/α,β-unsaturated/α-hetero) is 3. The van der Waals surface area contributed by atoms with E-state index in [2.05, 4.69) is 0 Å². The first-order valence-corrected chi connectivity index (χ1v) is 9.28. The van der Waals surface area contributed by atoms with Gasteiger partial charge in [-0.15, -0.1) is 0 Å². The van der Waals surface area contributed by atoms with Gasteiger partial charge < -0.3 is 0 Å². The summed E-state index contributed by atoms with van der Waals surface area (Å²) in [6, 6.07) is 1.09. The second-order valence-electron chi connectivity index (χ2n) is 7.19. The van der Waals surface area contributed by atoms with Gasteiger partial charge in [0, 0.05) is 11.1 Å². The van der Waals surface area contributed by atoms with Gasteiger partial charge in [-0.25, -0.2) is 0 Å². The van der Waals surface area contributed by atoms with Crippen LogP contribution in [0.4, 0.5) is 52.7 Å². The van der Waals surface area contributed by atoms with E-state index in [9.17, 15) is 67.1 Å². The first-order chi connectivity index (χ1) is 16.2. The van der Waals surface area contributed by atoms with Gasteiger partial charge in [-0.3, -0.25) is 14.4 Å². The maximum Gasteiger partial charge on any atom is 0.417 e. The first kappa shape index (κ1) is 28.8. The first-order valence-electron chi connectivity index (χ1n) is 9.28. The van der Waals surface area contributed by atoms with E-state index in [1.807, 2.05) is 0 Å². The van der Waals surface area contributed by atoms with Crippen LogP contribution in [0.1, 0.15) is 55.8 Å². The number of halogens is 12. The maximum atomic E-state index is 13.2. The van der Waals surface area contributed by atoms with Gasteiger partial charge in [0.25, 0.3) is 0 Å². The number of rotatable bonds is 6. The lowest BCUT2D eigenvalue weighted by Gasteiger charge is -2.18. The number of alkyl halides is 12. The molecule has 0 unspecified atom stereocenters. The summed E-state index contributed by atoms with van der Waals surface area (Å²) in [6.45, 7) is 0. The molecule has 0 aliphatic rings. The molecule has 0 N–H and O–H groups in total. The Kier molecular flexibility index (Phi) is 7.67. The van der Waals surface area contributed by atoms with Crippen molar-refractivity contribution in [3.63, 3.8) is 0 Å². The van der Waals surface area contributed by atoms with Crippen molar-refractivity contribution in [3.8, 4) is 0 Å². The van der Waals surface area contributed by atoms with E-state index in [1.165, 1.54) is 0 Å². The number of benzene rings is 2. The second-order valence-corrected chi connectivity index (χ2v) is 7.19. The Morgan fingerprint density at radius 2 is 0.694 bits per heavy atom. The van der Waals surface area contributed by atoms with Crippen LogP contribution in [-0.4, -0.2) is 17.3 Å². The number of carbonyl (C=O) groups excluding carboxylic acids is 3. The molecular formula is C21H10F12O3. The average Bonchev–Trinajstić information content (AvgIpc) is 2.69. The number of hydrogen-bond acceptors (Lipinski definition) is 3. The van der Waals surface area contributed by atoms with Gasteiger partial charge in [-0.2, -0.15) is 52.7 Å². The van der Waals surface area contributed by atoms with Crippen LogP contribution in [0.15, 0.2) is 36.4 Å². The minimum Gasteiger partial charge on any atom is -0.299 e. The van der Waals surface area contributed by atoms with Gasteiger partial charge >= 0.3 is 24.7 Å². The Bertz CT molecular complexity index is 1030. The van der Waals surface area contributed by atoms with Gasteiger partial charge in [-0.1, -0.05) is 12.1 Å². The van der Waals surface area contributed by atoms with Crippen LogP contribution in [0.5, 0.6) is 0 Å². The predicted molar refractivity (Wildman–Crippen MR) is 95.8 cm³/mol. The molecule has 3 nitrogen and oxygen atoms in total. The van der Waals surface area contributed by atoms with E-state index in [0.717, 1.165) is 0 Å². The molecule has 0 fully saturated rings. The standard InChI is InChI=1S/C21H10F12O3/c22-18(23,24)10-3-1-4-11(19(25,26)27)16(10)14(35)7-9(34)8-15(36)17-12(20(28,29)30)5-2-6-13(17)21(31,32)33/h1-6H,7-8H2. The third-order valence-electron chi connectivity index (χ3n) is 4.62. The molecule has 0 saturated carbocycles. The Hall–Kier alpha value is -3.39. The van der Waals surface area contributed by atoms with Crippen molar-refractivity contribution in [2.75, 3.05) is 0 Å². The number of ketones is 3. The molecular weight excluding hydrogens is 528 g/mol. The fourth-order valence-electron chi connectivity index (χ4n) is 3.25. The third-order valence-corrected chi connectivity index (χ3v) is 4.62. The molecule has 0 aliphatic heterocycles. The van der Waals surface area contributed by atoms with Crippen LogP contribution in [-0.2, 0) is 29.5 Å². The topological polar surface area (TPSA) is 51.2 Å². The molecule has 0 atom stereocenters. The summed E-state index contributed by atoms with van der Waals surface area (Å²) in [5.74, 6) is -5.98. The van der Waals surface area contributed by atoms with Crippen LogP contribution in [0, 0.1) is 0 Å². The fraction of sp³-hybridized carbons (Fsp3) is 0.286. The smallest absolute Gasteiger partial charge is 0.299 e. The van der Waals surface area contributed by atoms with Gasteiger partial charge in [0.1, 0.15) is 5.78 Å². The highest BCUT2D eigenvalue weighted by atomic mass is 19.4.